The molecule has 0 fully saturated rings. The van der Waals surface area contributed by atoms with E-state index >= 15 is 0 Å². The van der Waals surface area contributed by atoms with E-state index in [0.29, 0.717) is 22.9 Å². The fraction of sp³-hybridized carbons (Fsp3) is 0.312. The Morgan fingerprint density at radius 1 is 1.36 bits per heavy atom. The van der Waals surface area contributed by atoms with Crippen LogP contribution in [0.5, 0.6) is 0 Å². The molecule has 1 atom stereocenters. The first-order chi connectivity index (χ1) is 10.5. The normalized spacial score (nSPS) is 12.2. The summed E-state index contributed by atoms with van der Waals surface area (Å²) in [6.45, 7) is 2.35. The van der Waals surface area contributed by atoms with Crippen molar-refractivity contribution in [3.63, 3.8) is 0 Å². The number of furan rings is 1. The van der Waals surface area contributed by atoms with E-state index in [4.69, 9.17) is 16.6 Å². The summed E-state index contributed by atoms with van der Waals surface area (Å²) in [5, 5.41) is 6.60. The van der Waals surface area contributed by atoms with Crippen molar-refractivity contribution < 1.29 is 13.7 Å². The molecular weight excluding hydrogens is 301 g/mol. The molecule has 3 N–H and O–H groups in total. The van der Waals surface area contributed by atoms with Crippen LogP contribution in [0.4, 0.5) is 10.1 Å². The zero-order chi connectivity index (χ0) is 16.1. The van der Waals surface area contributed by atoms with Gasteiger partial charge < -0.3 is 20.0 Å². The van der Waals surface area contributed by atoms with E-state index in [-0.39, 0.29) is 11.9 Å². The van der Waals surface area contributed by atoms with Crippen molar-refractivity contribution in [3.8, 4) is 0 Å². The molecule has 2 aromatic rings. The van der Waals surface area contributed by atoms with Crippen LogP contribution in [-0.4, -0.2) is 25.8 Å². The molecule has 118 valence electrons. The second-order valence-electron chi connectivity index (χ2n) is 5.44. The lowest BCUT2D eigenvalue weighted by Crippen LogP contribution is -3.07. The largest absolute Gasteiger partial charge is 0.463 e. The molecule has 0 bridgehead atoms. The highest BCUT2D eigenvalue weighted by Gasteiger charge is 2.20. The Labute approximate surface area is 135 Å². The number of rotatable bonds is 5. The van der Waals surface area contributed by atoms with Gasteiger partial charge in [-0.1, -0.05) is 6.07 Å². The predicted octanol–water partition coefficient (Wildman–Crippen LogP) is 1.90. The standard InChI is InChI=1S/C16H20FN3OS/c1-11-6-7-12(9-13(11)17)19-16(22)18-10-14(20(2)3)15-5-4-8-21-15/h4-9,14H,10H2,1-3H3,(H2,18,19,22)/p+1/t14-/m1/s1. The minimum absolute atomic E-state index is 0.143. The Morgan fingerprint density at radius 3 is 2.73 bits per heavy atom. The van der Waals surface area contributed by atoms with Crippen LogP contribution < -0.4 is 15.5 Å². The average molecular weight is 322 g/mol. The molecule has 1 aromatic heterocycles. The van der Waals surface area contributed by atoms with Crippen LogP contribution >= 0.6 is 12.2 Å². The summed E-state index contributed by atoms with van der Waals surface area (Å²) in [5.74, 6) is 0.649. The molecule has 0 aliphatic carbocycles. The SMILES string of the molecule is Cc1ccc(NC(=S)NC[C@H](c2ccco2)[NH+](C)C)cc1F. The number of quaternary nitrogens is 1. The van der Waals surface area contributed by atoms with Crippen molar-refractivity contribution in [2.75, 3.05) is 26.0 Å². The molecule has 0 unspecified atom stereocenters. The Hall–Kier alpha value is -1.92. The average Bonchev–Trinajstić information content (AvgIpc) is 2.97. The first kappa shape index (κ1) is 16.5. The molecule has 1 aromatic carbocycles. The van der Waals surface area contributed by atoms with Gasteiger partial charge in [0.2, 0.25) is 0 Å². The molecule has 6 heteroatoms. The third-order valence-corrected chi connectivity index (χ3v) is 3.73. The van der Waals surface area contributed by atoms with Crippen LogP contribution in [0.15, 0.2) is 41.0 Å². The summed E-state index contributed by atoms with van der Waals surface area (Å²) in [4.78, 5) is 1.23. The first-order valence-electron chi connectivity index (χ1n) is 7.12. The quantitative estimate of drug-likeness (QED) is 0.736. The van der Waals surface area contributed by atoms with Crippen molar-refractivity contribution in [2.45, 2.75) is 13.0 Å². The van der Waals surface area contributed by atoms with Gasteiger partial charge in [-0.2, -0.15) is 0 Å². The summed E-state index contributed by atoms with van der Waals surface area (Å²) >= 11 is 5.26. The van der Waals surface area contributed by atoms with Gasteiger partial charge in [-0.15, -0.1) is 0 Å². The summed E-state index contributed by atoms with van der Waals surface area (Å²) in [5.41, 5.74) is 1.24. The predicted molar refractivity (Wildman–Crippen MR) is 89.6 cm³/mol. The molecule has 2 rings (SSSR count). The highest BCUT2D eigenvalue weighted by Crippen LogP contribution is 2.13. The lowest BCUT2D eigenvalue weighted by molar-refractivity contribution is -0.891. The Balaban J connectivity index is 1.92. The zero-order valence-electron chi connectivity index (χ0n) is 12.9. The van der Waals surface area contributed by atoms with Gasteiger partial charge in [-0.3, -0.25) is 0 Å². The zero-order valence-corrected chi connectivity index (χ0v) is 13.8. The molecule has 0 radical (unpaired) electrons. The van der Waals surface area contributed by atoms with E-state index in [0.717, 1.165) is 5.76 Å². The van der Waals surface area contributed by atoms with Gasteiger partial charge in [-0.25, -0.2) is 4.39 Å². The highest BCUT2D eigenvalue weighted by molar-refractivity contribution is 7.80. The highest BCUT2D eigenvalue weighted by atomic mass is 32.1. The molecule has 0 spiro atoms. The summed E-state index contributed by atoms with van der Waals surface area (Å²) in [7, 11) is 4.11. The number of halogens is 1. The molecule has 0 saturated carbocycles. The van der Waals surface area contributed by atoms with Crippen LogP contribution in [0.2, 0.25) is 0 Å². The van der Waals surface area contributed by atoms with Gasteiger partial charge >= 0.3 is 0 Å². The molecule has 22 heavy (non-hydrogen) atoms. The molecule has 0 saturated heterocycles. The van der Waals surface area contributed by atoms with E-state index in [1.807, 2.05) is 12.1 Å². The van der Waals surface area contributed by atoms with E-state index in [9.17, 15) is 4.39 Å². The number of hydrogen-bond donors (Lipinski definition) is 3. The van der Waals surface area contributed by atoms with E-state index in [1.165, 1.54) is 11.0 Å². The first-order valence-corrected chi connectivity index (χ1v) is 7.52. The van der Waals surface area contributed by atoms with E-state index in [1.54, 1.807) is 25.3 Å². The number of likely N-dealkylation sites (N-methyl/N-ethyl adjacent to an activating group) is 1. The van der Waals surface area contributed by atoms with Gasteiger partial charge in [0.1, 0.15) is 5.82 Å². The molecular formula is C16H21FN3OS+. The van der Waals surface area contributed by atoms with Crippen LogP contribution in [0.25, 0.3) is 0 Å². The molecule has 1 heterocycles. The maximum atomic E-state index is 13.5. The van der Waals surface area contributed by atoms with Crippen LogP contribution in [-0.2, 0) is 0 Å². The van der Waals surface area contributed by atoms with Crippen LogP contribution in [0, 0.1) is 12.7 Å². The summed E-state index contributed by atoms with van der Waals surface area (Å²) < 4.78 is 19.0. The maximum absolute atomic E-state index is 13.5. The number of hydrogen-bond acceptors (Lipinski definition) is 2. The van der Waals surface area contributed by atoms with Crippen LogP contribution in [0.3, 0.4) is 0 Å². The fourth-order valence-corrected chi connectivity index (χ4v) is 2.32. The monoisotopic (exact) mass is 322 g/mol. The van der Waals surface area contributed by atoms with Crippen molar-refractivity contribution >= 4 is 23.0 Å². The lowest BCUT2D eigenvalue weighted by atomic mass is 10.2. The third kappa shape index (κ3) is 4.29. The molecule has 0 aliphatic heterocycles. The van der Waals surface area contributed by atoms with Crippen LogP contribution in [0.1, 0.15) is 17.4 Å². The van der Waals surface area contributed by atoms with Gasteiger partial charge in [-0.05, 0) is 49.0 Å². The molecule has 0 amide bonds. The minimum atomic E-state index is -0.251. The number of thiocarbonyl (C=S) groups is 1. The van der Waals surface area contributed by atoms with Crippen molar-refractivity contribution in [2.24, 2.45) is 0 Å². The lowest BCUT2D eigenvalue weighted by Gasteiger charge is -2.20. The number of aryl methyl sites for hydroxylation is 1. The second kappa shape index (κ2) is 7.38. The number of benzene rings is 1. The summed E-state index contributed by atoms with van der Waals surface area (Å²) in [6.07, 6.45) is 1.66. The number of anilines is 1. The van der Waals surface area contributed by atoms with Gasteiger partial charge in [0.05, 0.1) is 26.9 Å². The molecule has 4 nitrogen and oxygen atoms in total. The van der Waals surface area contributed by atoms with E-state index < -0.39 is 0 Å². The third-order valence-electron chi connectivity index (χ3n) is 3.48. The fourth-order valence-electron chi connectivity index (χ4n) is 2.12. The topological polar surface area (TPSA) is 41.6 Å². The number of nitrogens with one attached hydrogen (secondary N) is 3. The smallest absolute Gasteiger partial charge is 0.171 e. The van der Waals surface area contributed by atoms with Gasteiger partial charge in [0, 0.05) is 5.69 Å². The van der Waals surface area contributed by atoms with Gasteiger partial charge in [0.15, 0.2) is 16.9 Å². The Morgan fingerprint density at radius 2 is 2.14 bits per heavy atom. The van der Waals surface area contributed by atoms with E-state index in [2.05, 4.69) is 24.7 Å². The Bertz CT molecular complexity index is 628. The van der Waals surface area contributed by atoms with Crippen molar-refractivity contribution in [3.05, 3.63) is 53.7 Å². The summed E-state index contributed by atoms with van der Waals surface area (Å²) in [6, 6.07) is 8.92. The minimum Gasteiger partial charge on any atom is -0.463 e. The molecule has 0 aliphatic rings. The van der Waals surface area contributed by atoms with Crippen molar-refractivity contribution in [1.29, 1.82) is 0 Å². The van der Waals surface area contributed by atoms with Gasteiger partial charge in [0.25, 0.3) is 0 Å². The Kier molecular flexibility index (Phi) is 5.51. The second-order valence-corrected chi connectivity index (χ2v) is 5.85. The van der Waals surface area contributed by atoms with Crippen molar-refractivity contribution in [1.82, 2.24) is 5.32 Å². The maximum Gasteiger partial charge on any atom is 0.171 e.